The van der Waals surface area contributed by atoms with E-state index in [-0.39, 0.29) is 5.92 Å². The van der Waals surface area contributed by atoms with Crippen molar-refractivity contribution in [3.8, 4) is 0 Å². The number of methoxy groups -OCH3 is 2. The van der Waals surface area contributed by atoms with E-state index in [0.717, 1.165) is 6.42 Å². The van der Waals surface area contributed by atoms with Gasteiger partial charge < -0.3 is 9.47 Å². The fourth-order valence-corrected chi connectivity index (χ4v) is 2.29. The third-order valence-corrected chi connectivity index (χ3v) is 3.72. The number of esters is 2. The molecule has 0 spiro atoms. The molecule has 0 radical (unpaired) electrons. The Morgan fingerprint density at radius 2 is 1.89 bits per heavy atom. The van der Waals surface area contributed by atoms with Crippen molar-refractivity contribution in [2.24, 2.45) is 17.8 Å². The van der Waals surface area contributed by atoms with Gasteiger partial charge in [-0.15, -0.1) is 0 Å². The van der Waals surface area contributed by atoms with Crippen LogP contribution in [0.4, 0.5) is 0 Å². The highest BCUT2D eigenvalue weighted by atomic mass is 16.5. The lowest BCUT2D eigenvalue weighted by molar-refractivity contribution is -0.160. The molecule has 0 unspecified atom stereocenters. The van der Waals surface area contributed by atoms with Crippen LogP contribution in [0.5, 0.6) is 0 Å². The molecule has 0 saturated heterocycles. The van der Waals surface area contributed by atoms with Gasteiger partial charge in [0.05, 0.1) is 14.2 Å². The second-order valence-electron chi connectivity index (χ2n) is 4.83. The highest BCUT2D eigenvalue weighted by Crippen LogP contribution is 2.32. The summed E-state index contributed by atoms with van der Waals surface area (Å²) >= 11 is 0. The van der Waals surface area contributed by atoms with Crippen LogP contribution in [-0.4, -0.2) is 26.2 Å². The lowest BCUT2D eigenvalue weighted by Crippen LogP contribution is -2.33. The minimum absolute atomic E-state index is 0.186. The maximum absolute atomic E-state index is 11.8. The molecule has 0 aromatic carbocycles. The van der Waals surface area contributed by atoms with E-state index in [1.54, 1.807) is 0 Å². The van der Waals surface area contributed by atoms with Gasteiger partial charge in [0.15, 0.2) is 5.92 Å². The molecule has 1 aliphatic carbocycles. The van der Waals surface area contributed by atoms with E-state index in [0.29, 0.717) is 12.3 Å². The maximum atomic E-state index is 11.8. The second-order valence-corrected chi connectivity index (χ2v) is 4.83. The van der Waals surface area contributed by atoms with Crippen LogP contribution in [0.25, 0.3) is 0 Å². The molecule has 1 aliphatic rings. The summed E-state index contributed by atoms with van der Waals surface area (Å²) in [7, 11) is 2.58. The van der Waals surface area contributed by atoms with Crippen molar-refractivity contribution in [3.05, 3.63) is 23.8 Å². The predicted molar refractivity (Wildman–Crippen MR) is 72.3 cm³/mol. The van der Waals surface area contributed by atoms with Crippen molar-refractivity contribution >= 4 is 11.9 Å². The molecule has 0 N–H and O–H groups in total. The Morgan fingerprint density at radius 3 is 2.37 bits per heavy atom. The van der Waals surface area contributed by atoms with Gasteiger partial charge in [-0.1, -0.05) is 37.6 Å². The van der Waals surface area contributed by atoms with Crippen molar-refractivity contribution in [3.63, 3.8) is 0 Å². The Hall–Kier alpha value is -1.58. The van der Waals surface area contributed by atoms with Gasteiger partial charge in [-0.05, 0) is 18.8 Å². The molecule has 0 bridgehead atoms. The van der Waals surface area contributed by atoms with E-state index < -0.39 is 17.9 Å². The summed E-state index contributed by atoms with van der Waals surface area (Å²) in [5.74, 6) is -1.69. The summed E-state index contributed by atoms with van der Waals surface area (Å²) in [5.41, 5.74) is 1.26. The highest BCUT2D eigenvalue weighted by molar-refractivity contribution is 5.95. The first-order chi connectivity index (χ1) is 9.04. The van der Waals surface area contributed by atoms with Crippen molar-refractivity contribution in [2.45, 2.75) is 26.7 Å². The fraction of sp³-hybridized carbons (Fsp3) is 0.600. The Morgan fingerprint density at radius 1 is 1.32 bits per heavy atom. The first-order valence-corrected chi connectivity index (χ1v) is 6.58. The molecule has 0 aromatic rings. The van der Waals surface area contributed by atoms with Gasteiger partial charge in [-0.3, -0.25) is 9.59 Å². The molecule has 4 heteroatoms. The van der Waals surface area contributed by atoms with Gasteiger partial charge in [-0.2, -0.15) is 0 Å². The van der Waals surface area contributed by atoms with E-state index in [9.17, 15) is 9.59 Å². The molecule has 2 atom stereocenters. The number of allylic oxidation sites excluding steroid dienone is 4. The molecule has 0 fully saturated rings. The maximum Gasteiger partial charge on any atom is 0.320 e. The number of hydrogen-bond acceptors (Lipinski definition) is 4. The van der Waals surface area contributed by atoms with Crippen molar-refractivity contribution in [2.75, 3.05) is 14.2 Å². The number of rotatable bonds is 5. The van der Waals surface area contributed by atoms with Crippen molar-refractivity contribution in [1.29, 1.82) is 0 Å². The lowest BCUT2D eigenvalue weighted by Gasteiger charge is -2.26. The van der Waals surface area contributed by atoms with E-state index in [4.69, 9.17) is 9.47 Å². The minimum atomic E-state index is -0.876. The highest BCUT2D eigenvalue weighted by Gasteiger charge is 2.36. The van der Waals surface area contributed by atoms with Crippen LogP contribution in [0, 0.1) is 17.8 Å². The summed E-state index contributed by atoms with van der Waals surface area (Å²) in [4.78, 5) is 23.6. The normalized spacial score (nSPS) is 19.8. The third kappa shape index (κ3) is 3.69. The van der Waals surface area contributed by atoms with Gasteiger partial charge in [0.25, 0.3) is 0 Å². The van der Waals surface area contributed by atoms with Crippen LogP contribution in [0.2, 0.25) is 0 Å². The zero-order chi connectivity index (χ0) is 14.4. The molecule has 19 heavy (non-hydrogen) atoms. The first-order valence-electron chi connectivity index (χ1n) is 6.58. The van der Waals surface area contributed by atoms with Gasteiger partial charge >= 0.3 is 11.9 Å². The molecule has 1 rings (SSSR count). The number of carbonyl (C=O) groups is 2. The lowest BCUT2D eigenvalue weighted by atomic mass is 9.79. The van der Waals surface area contributed by atoms with Crippen molar-refractivity contribution < 1.29 is 19.1 Å². The van der Waals surface area contributed by atoms with Crippen LogP contribution in [0.15, 0.2) is 23.8 Å². The van der Waals surface area contributed by atoms with E-state index >= 15 is 0 Å². The average Bonchev–Trinajstić information content (AvgIpc) is 2.46. The summed E-state index contributed by atoms with van der Waals surface area (Å²) in [6, 6.07) is 0. The van der Waals surface area contributed by atoms with Crippen LogP contribution in [0.3, 0.4) is 0 Å². The first kappa shape index (κ1) is 15.5. The van der Waals surface area contributed by atoms with Gasteiger partial charge in [0, 0.05) is 5.92 Å². The molecule has 0 heterocycles. The van der Waals surface area contributed by atoms with E-state index in [2.05, 4.69) is 19.9 Å². The summed E-state index contributed by atoms with van der Waals surface area (Å²) in [5, 5.41) is 0. The molecular weight excluding hydrogens is 244 g/mol. The summed E-state index contributed by atoms with van der Waals surface area (Å²) in [6.45, 7) is 4.27. The zero-order valence-corrected chi connectivity index (χ0v) is 12.0. The fourth-order valence-electron chi connectivity index (χ4n) is 2.29. The van der Waals surface area contributed by atoms with Gasteiger partial charge in [-0.25, -0.2) is 0 Å². The van der Waals surface area contributed by atoms with Crippen LogP contribution in [0.1, 0.15) is 26.7 Å². The monoisotopic (exact) mass is 266 g/mol. The summed E-state index contributed by atoms with van der Waals surface area (Å²) in [6.07, 6.45) is 7.59. The average molecular weight is 266 g/mol. The number of carbonyl (C=O) groups excluding carboxylic acids is 2. The smallest absolute Gasteiger partial charge is 0.320 e. The molecule has 0 saturated carbocycles. The third-order valence-electron chi connectivity index (χ3n) is 3.72. The quantitative estimate of drug-likeness (QED) is 0.566. The minimum Gasteiger partial charge on any atom is -0.468 e. The van der Waals surface area contributed by atoms with Crippen LogP contribution < -0.4 is 0 Å². The number of hydrogen-bond donors (Lipinski definition) is 0. The predicted octanol–water partition coefficient (Wildman–Crippen LogP) is 2.50. The standard InChI is InChI=1S/C15H22O4/c1-5-10(2)11-7-6-8-12(9-11)13(14(16)18-3)15(17)19-4/h6-8,10,12-13H,5,9H2,1-4H3/t10-,12+/m1/s1. The van der Waals surface area contributed by atoms with Crippen molar-refractivity contribution in [1.82, 2.24) is 0 Å². The van der Waals surface area contributed by atoms with Gasteiger partial charge in [0.1, 0.15) is 0 Å². The Balaban J connectivity index is 2.89. The largest absolute Gasteiger partial charge is 0.468 e. The molecule has 106 valence electrons. The molecule has 0 aromatic heterocycles. The van der Waals surface area contributed by atoms with Gasteiger partial charge in [0.2, 0.25) is 0 Å². The van der Waals surface area contributed by atoms with E-state index in [1.165, 1.54) is 19.8 Å². The van der Waals surface area contributed by atoms with E-state index in [1.807, 2.05) is 12.2 Å². The second kappa shape index (κ2) is 7.12. The van der Waals surface area contributed by atoms with Crippen LogP contribution in [-0.2, 0) is 19.1 Å². The topological polar surface area (TPSA) is 52.6 Å². The Labute approximate surface area is 114 Å². The summed E-state index contributed by atoms with van der Waals surface area (Å²) < 4.78 is 9.43. The number of ether oxygens (including phenoxy) is 2. The Bertz CT molecular complexity index is 379. The molecular formula is C15H22O4. The zero-order valence-electron chi connectivity index (χ0n) is 12.0. The molecule has 0 aliphatic heterocycles. The molecule has 4 nitrogen and oxygen atoms in total. The molecule has 0 amide bonds. The SMILES string of the molecule is CC[C@@H](C)C1=CC=C[C@H](C(C(=O)OC)C(=O)OC)C1. The Kier molecular flexibility index (Phi) is 5.80. The van der Waals surface area contributed by atoms with Crippen LogP contribution >= 0.6 is 0 Å².